The largest absolute Gasteiger partial charge is 0.0622 e. The topological polar surface area (TPSA) is 0 Å². The zero-order valence-corrected chi connectivity index (χ0v) is 12.6. The maximum Gasteiger partial charge on any atom is -0.0149 e. The summed E-state index contributed by atoms with van der Waals surface area (Å²) in [4.78, 5) is 0. The highest BCUT2D eigenvalue weighted by atomic mass is 14.1. The molecule has 0 heteroatoms. The molecule has 0 aliphatic carbocycles. The third kappa shape index (κ3) is 2.75. The summed E-state index contributed by atoms with van der Waals surface area (Å²) in [5.41, 5.74) is 8.00. The van der Waals surface area contributed by atoms with Crippen molar-refractivity contribution >= 4 is 0 Å². The van der Waals surface area contributed by atoms with Crippen LogP contribution in [0.1, 0.15) is 18.1 Å². The van der Waals surface area contributed by atoms with E-state index in [1.165, 1.54) is 33.4 Å². The molecule has 0 heterocycles. The molecule has 104 valence electrons. The maximum absolute atomic E-state index is 2.29. The second kappa shape index (κ2) is 5.97. The first-order valence-corrected chi connectivity index (χ1v) is 7.54. The van der Waals surface area contributed by atoms with E-state index >= 15 is 0 Å². The van der Waals surface area contributed by atoms with Crippen LogP contribution in [0.25, 0.3) is 22.3 Å². The van der Waals surface area contributed by atoms with Crippen molar-refractivity contribution in [1.82, 2.24) is 0 Å². The molecule has 3 aromatic rings. The van der Waals surface area contributed by atoms with Crippen molar-refractivity contribution in [3.63, 3.8) is 0 Å². The Morgan fingerprint density at radius 2 is 1.38 bits per heavy atom. The minimum Gasteiger partial charge on any atom is -0.0622 e. The molecule has 0 nitrogen and oxygen atoms in total. The van der Waals surface area contributed by atoms with Gasteiger partial charge in [-0.1, -0.05) is 79.7 Å². The van der Waals surface area contributed by atoms with Crippen LogP contribution < -0.4 is 0 Å². The lowest BCUT2D eigenvalue weighted by atomic mass is 9.92. The van der Waals surface area contributed by atoms with Crippen molar-refractivity contribution in [3.05, 3.63) is 83.9 Å². The van der Waals surface area contributed by atoms with Gasteiger partial charge in [-0.25, -0.2) is 0 Å². The fourth-order valence-electron chi connectivity index (χ4n) is 2.87. The zero-order chi connectivity index (χ0) is 14.7. The van der Waals surface area contributed by atoms with E-state index in [-0.39, 0.29) is 0 Å². The Labute approximate surface area is 127 Å². The third-order valence-electron chi connectivity index (χ3n) is 4.02. The van der Waals surface area contributed by atoms with Crippen LogP contribution in [0.3, 0.4) is 0 Å². The van der Waals surface area contributed by atoms with Crippen LogP contribution in [0.4, 0.5) is 0 Å². The lowest BCUT2D eigenvalue weighted by Crippen LogP contribution is -1.90. The first-order chi connectivity index (χ1) is 10.3. The molecular weight excluding hydrogens is 252 g/mol. The van der Waals surface area contributed by atoms with Gasteiger partial charge in [-0.2, -0.15) is 0 Å². The molecule has 0 spiro atoms. The second-order valence-electron chi connectivity index (χ2n) is 5.41. The van der Waals surface area contributed by atoms with Crippen LogP contribution in [-0.2, 0) is 6.42 Å². The fourth-order valence-corrected chi connectivity index (χ4v) is 2.87. The van der Waals surface area contributed by atoms with Crippen molar-refractivity contribution in [3.8, 4) is 22.3 Å². The van der Waals surface area contributed by atoms with E-state index in [0.29, 0.717) is 0 Å². The van der Waals surface area contributed by atoms with Crippen LogP contribution in [0.2, 0.25) is 0 Å². The minimum absolute atomic E-state index is 1.07. The van der Waals surface area contributed by atoms with Gasteiger partial charge in [-0.3, -0.25) is 0 Å². The van der Waals surface area contributed by atoms with Gasteiger partial charge < -0.3 is 0 Å². The van der Waals surface area contributed by atoms with Gasteiger partial charge in [0.15, 0.2) is 0 Å². The smallest absolute Gasteiger partial charge is 0.0149 e. The molecule has 0 amide bonds. The molecule has 0 unspecified atom stereocenters. The van der Waals surface area contributed by atoms with E-state index in [9.17, 15) is 0 Å². The van der Waals surface area contributed by atoms with E-state index in [0.717, 1.165) is 6.42 Å². The SMILES string of the molecule is CCc1ccccc1-c1ccc(-c2ccccc2)cc1C. The number of hydrogen-bond acceptors (Lipinski definition) is 0. The minimum atomic E-state index is 1.07. The van der Waals surface area contributed by atoms with Gasteiger partial charge in [0.25, 0.3) is 0 Å². The predicted octanol–water partition coefficient (Wildman–Crippen LogP) is 5.89. The molecule has 0 saturated heterocycles. The lowest BCUT2D eigenvalue weighted by molar-refractivity contribution is 1.14. The number of benzene rings is 3. The fraction of sp³-hybridized carbons (Fsp3) is 0.143. The van der Waals surface area contributed by atoms with Crippen LogP contribution >= 0.6 is 0 Å². The molecule has 21 heavy (non-hydrogen) atoms. The molecule has 0 aliphatic heterocycles. The van der Waals surface area contributed by atoms with Crippen molar-refractivity contribution in [2.45, 2.75) is 20.3 Å². The molecule has 0 fully saturated rings. The summed E-state index contributed by atoms with van der Waals surface area (Å²) in [7, 11) is 0. The summed E-state index contributed by atoms with van der Waals surface area (Å²) in [5.74, 6) is 0. The quantitative estimate of drug-likeness (QED) is 0.557. The summed E-state index contributed by atoms with van der Waals surface area (Å²) in [5, 5.41) is 0. The van der Waals surface area contributed by atoms with Crippen molar-refractivity contribution in [2.24, 2.45) is 0 Å². The predicted molar refractivity (Wildman–Crippen MR) is 91.4 cm³/mol. The number of rotatable bonds is 3. The van der Waals surface area contributed by atoms with Crippen molar-refractivity contribution < 1.29 is 0 Å². The average Bonchev–Trinajstić information content (AvgIpc) is 2.55. The Balaban J connectivity index is 2.06. The van der Waals surface area contributed by atoms with E-state index in [1.54, 1.807) is 0 Å². The maximum atomic E-state index is 2.29. The van der Waals surface area contributed by atoms with E-state index in [4.69, 9.17) is 0 Å². The summed E-state index contributed by atoms with van der Waals surface area (Å²) in [6, 6.07) is 26.0. The highest BCUT2D eigenvalue weighted by Crippen LogP contribution is 2.30. The van der Waals surface area contributed by atoms with Crippen molar-refractivity contribution in [1.29, 1.82) is 0 Å². The summed E-state index contributed by atoms with van der Waals surface area (Å²) in [6.07, 6.45) is 1.07. The van der Waals surface area contributed by atoms with Crippen LogP contribution in [0, 0.1) is 6.92 Å². The van der Waals surface area contributed by atoms with Crippen LogP contribution in [-0.4, -0.2) is 0 Å². The van der Waals surface area contributed by atoms with Gasteiger partial charge in [-0.05, 0) is 46.7 Å². The van der Waals surface area contributed by atoms with Crippen LogP contribution in [0.15, 0.2) is 72.8 Å². The Bertz CT molecular complexity index is 739. The van der Waals surface area contributed by atoms with E-state index in [1.807, 2.05) is 0 Å². The molecule has 3 aromatic carbocycles. The summed E-state index contributed by atoms with van der Waals surface area (Å²) in [6.45, 7) is 4.42. The summed E-state index contributed by atoms with van der Waals surface area (Å²) >= 11 is 0. The highest BCUT2D eigenvalue weighted by Gasteiger charge is 2.07. The number of hydrogen-bond donors (Lipinski definition) is 0. The Kier molecular flexibility index (Phi) is 3.87. The van der Waals surface area contributed by atoms with Gasteiger partial charge in [0.1, 0.15) is 0 Å². The van der Waals surface area contributed by atoms with E-state index < -0.39 is 0 Å². The van der Waals surface area contributed by atoms with Gasteiger partial charge in [0.05, 0.1) is 0 Å². The normalized spacial score (nSPS) is 10.6. The molecule has 0 aliphatic rings. The molecule has 3 rings (SSSR count). The Hall–Kier alpha value is -2.34. The standard InChI is InChI=1S/C21H20/c1-3-17-9-7-8-12-21(17)20-14-13-19(15-16(20)2)18-10-5-4-6-11-18/h4-15H,3H2,1-2H3. The molecule has 0 bridgehead atoms. The zero-order valence-electron chi connectivity index (χ0n) is 12.6. The molecular formula is C21H20. The van der Waals surface area contributed by atoms with Gasteiger partial charge in [0.2, 0.25) is 0 Å². The Morgan fingerprint density at radius 3 is 2.10 bits per heavy atom. The lowest BCUT2D eigenvalue weighted by Gasteiger charge is -2.12. The first-order valence-electron chi connectivity index (χ1n) is 7.54. The Morgan fingerprint density at radius 1 is 0.667 bits per heavy atom. The van der Waals surface area contributed by atoms with E-state index in [2.05, 4.69) is 86.6 Å². The summed E-state index contributed by atoms with van der Waals surface area (Å²) < 4.78 is 0. The second-order valence-corrected chi connectivity index (χ2v) is 5.41. The molecule has 0 atom stereocenters. The molecule has 0 saturated carbocycles. The molecule has 0 radical (unpaired) electrons. The van der Waals surface area contributed by atoms with Gasteiger partial charge >= 0.3 is 0 Å². The average molecular weight is 272 g/mol. The molecule has 0 N–H and O–H groups in total. The van der Waals surface area contributed by atoms with Gasteiger partial charge in [-0.15, -0.1) is 0 Å². The monoisotopic (exact) mass is 272 g/mol. The molecule has 0 aromatic heterocycles. The van der Waals surface area contributed by atoms with Crippen molar-refractivity contribution in [2.75, 3.05) is 0 Å². The first kappa shape index (κ1) is 13.6. The van der Waals surface area contributed by atoms with Crippen LogP contribution in [0.5, 0.6) is 0 Å². The number of aryl methyl sites for hydroxylation is 2. The van der Waals surface area contributed by atoms with Gasteiger partial charge in [0, 0.05) is 0 Å². The third-order valence-corrected chi connectivity index (χ3v) is 4.02. The highest BCUT2D eigenvalue weighted by molar-refractivity contribution is 5.75.